The van der Waals surface area contributed by atoms with Gasteiger partial charge in [0.1, 0.15) is 0 Å². The molecule has 0 atom stereocenters. The summed E-state index contributed by atoms with van der Waals surface area (Å²) in [6.07, 6.45) is 0. The Balaban J connectivity index is 3.86. The zero-order valence-electron chi connectivity index (χ0n) is 8.89. The molecule has 0 aliphatic rings. The van der Waals surface area contributed by atoms with E-state index in [4.69, 9.17) is 5.26 Å². The number of nitriles is 1. The number of rotatable bonds is 4. The predicted octanol–water partition coefficient (Wildman–Crippen LogP) is 2.12. The summed E-state index contributed by atoms with van der Waals surface area (Å²) >= 11 is 0. The first kappa shape index (κ1) is 11.4. The molecule has 0 N–H and O–H groups in total. The van der Waals surface area contributed by atoms with Crippen molar-refractivity contribution in [2.24, 2.45) is 11.3 Å². The largest absolute Gasteiger partial charge is 0.305 e. The zero-order valence-corrected chi connectivity index (χ0v) is 8.89. The van der Waals surface area contributed by atoms with Gasteiger partial charge in [-0.25, -0.2) is 0 Å². The standard InChI is InChI=1S/C10H20N2/c1-9(2)6-12(5)8-10(3,4)7-11/h9H,6,8H2,1-5H3. The number of hydrogen-bond acceptors (Lipinski definition) is 2. The highest BCUT2D eigenvalue weighted by Crippen LogP contribution is 2.14. The molecule has 0 unspecified atom stereocenters. The quantitative estimate of drug-likeness (QED) is 0.643. The van der Waals surface area contributed by atoms with Gasteiger partial charge in [-0.2, -0.15) is 5.26 Å². The number of hydrogen-bond donors (Lipinski definition) is 0. The van der Waals surface area contributed by atoms with E-state index in [1.54, 1.807) is 0 Å². The van der Waals surface area contributed by atoms with Crippen LogP contribution in [0.3, 0.4) is 0 Å². The van der Waals surface area contributed by atoms with Crippen LogP contribution in [0.15, 0.2) is 0 Å². The Bertz CT molecular complexity index is 165. The Morgan fingerprint density at radius 2 is 1.92 bits per heavy atom. The fourth-order valence-corrected chi connectivity index (χ4v) is 1.40. The molecule has 0 fully saturated rings. The van der Waals surface area contributed by atoms with Crippen LogP contribution in [0.4, 0.5) is 0 Å². The molecule has 0 spiro atoms. The first-order valence-corrected chi connectivity index (χ1v) is 4.47. The van der Waals surface area contributed by atoms with Crippen LogP contribution in [0.1, 0.15) is 27.7 Å². The highest BCUT2D eigenvalue weighted by Gasteiger charge is 2.19. The number of nitrogens with zero attached hydrogens (tertiary/aromatic N) is 2. The topological polar surface area (TPSA) is 27.0 Å². The van der Waals surface area contributed by atoms with Crippen molar-refractivity contribution in [2.75, 3.05) is 20.1 Å². The maximum Gasteiger partial charge on any atom is 0.0697 e. The van der Waals surface area contributed by atoms with Gasteiger partial charge in [-0.05, 0) is 26.8 Å². The van der Waals surface area contributed by atoms with Crippen LogP contribution in [0.5, 0.6) is 0 Å². The second-order valence-corrected chi connectivity index (χ2v) is 4.59. The average molecular weight is 168 g/mol. The van der Waals surface area contributed by atoms with E-state index in [1.165, 1.54) is 0 Å². The van der Waals surface area contributed by atoms with Crippen molar-refractivity contribution in [3.63, 3.8) is 0 Å². The first-order chi connectivity index (χ1) is 5.37. The fraction of sp³-hybridized carbons (Fsp3) is 0.900. The van der Waals surface area contributed by atoms with Crippen LogP contribution < -0.4 is 0 Å². The van der Waals surface area contributed by atoms with Gasteiger partial charge in [-0.15, -0.1) is 0 Å². The second kappa shape index (κ2) is 4.47. The molecule has 0 rings (SSSR count). The van der Waals surface area contributed by atoms with Gasteiger partial charge in [0.2, 0.25) is 0 Å². The summed E-state index contributed by atoms with van der Waals surface area (Å²) in [5.74, 6) is 0.671. The lowest BCUT2D eigenvalue weighted by molar-refractivity contribution is 0.232. The molecule has 2 heteroatoms. The predicted molar refractivity (Wildman–Crippen MR) is 51.7 cm³/mol. The van der Waals surface area contributed by atoms with Gasteiger partial charge >= 0.3 is 0 Å². The molecular formula is C10H20N2. The average Bonchev–Trinajstić information content (AvgIpc) is 1.84. The molecule has 0 heterocycles. The minimum Gasteiger partial charge on any atom is -0.305 e. The summed E-state index contributed by atoms with van der Waals surface area (Å²) in [4.78, 5) is 2.22. The van der Waals surface area contributed by atoms with Gasteiger partial charge in [-0.1, -0.05) is 13.8 Å². The molecule has 0 saturated heterocycles. The molecule has 0 aliphatic heterocycles. The van der Waals surface area contributed by atoms with Crippen LogP contribution >= 0.6 is 0 Å². The minimum absolute atomic E-state index is 0.219. The van der Waals surface area contributed by atoms with Gasteiger partial charge in [0.15, 0.2) is 0 Å². The molecule has 12 heavy (non-hydrogen) atoms. The van der Waals surface area contributed by atoms with Crippen LogP contribution in [0, 0.1) is 22.7 Å². The summed E-state index contributed by atoms with van der Waals surface area (Å²) in [7, 11) is 2.07. The normalized spacial score (nSPS) is 12.2. The van der Waals surface area contributed by atoms with Gasteiger partial charge in [0.05, 0.1) is 11.5 Å². The molecule has 0 bridgehead atoms. The summed E-state index contributed by atoms with van der Waals surface area (Å²) in [5, 5.41) is 8.80. The third-order valence-electron chi connectivity index (χ3n) is 1.64. The van der Waals surface area contributed by atoms with Crippen molar-refractivity contribution in [1.29, 1.82) is 5.26 Å². The molecular weight excluding hydrogens is 148 g/mol. The summed E-state index contributed by atoms with van der Waals surface area (Å²) in [5.41, 5.74) is -0.219. The highest BCUT2D eigenvalue weighted by molar-refractivity contribution is 4.93. The Morgan fingerprint density at radius 1 is 1.42 bits per heavy atom. The van der Waals surface area contributed by atoms with Crippen LogP contribution in [-0.2, 0) is 0 Å². The Kier molecular flexibility index (Phi) is 4.26. The summed E-state index contributed by atoms with van der Waals surface area (Å²) < 4.78 is 0. The van der Waals surface area contributed by atoms with E-state index >= 15 is 0 Å². The fourth-order valence-electron chi connectivity index (χ4n) is 1.40. The van der Waals surface area contributed by atoms with E-state index in [-0.39, 0.29) is 5.41 Å². The molecule has 0 amide bonds. The van der Waals surface area contributed by atoms with Crippen LogP contribution in [0.2, 0.25) is 0 Å². The monoisotopic (exact) mass is 168 g/mol. The van der Waals surface area contributed by atoms with E-state index in [1.807, 2.05) is 13.8 Å². The van der Waals surface area contributed by atoms with Crippen molar-refractivity contribution in [3.05, 3.63) is 0 Å². The van der Waals surface area contributed by atoms with Crippen molar-refractivity contribution >= 4 is 0 Å². The summed E-state index contributed by atoms with van der Waals surface area (Å²) in [6.45, 7) is 10.2. The molecule has 0 aromatic rings. The highest BCUT2D eigenvalue weighted by atomic mass is 15.1. The Labute approximate surface area is 76.2 Å². The minimum atomic E-state index is -0.219. The molecule has 0 aromatic heterocycles. The molecule has 2 nitrogen and oxygen atoms in total. The van der Waals surface area contributed by atoms with Crippen LogP contribution in [0.25, 0.3) is 0 Å². The molecule has 0 aliphatic carbocycles. The Hall–Kier alpha value is -0.550. The summed E-state index contributed by atoms with van der Waals surface area (Å²) in [6, 6.07) is 2.30. The molecule has 0 radical (unpaired) electrons. The van der Waals surface area contributed by atoms with E-state index in [0.717, 1.165) is 13.1 Å². The van der Waals surface area contributed by atoms with E-state index in [2.05, 4.69) is 31.9 Å². The SMILES string of the molecule is CC(C)CN(C)CC(C)(C)C#N. The van der Waals surface area contributed by atoms with Crippen molar-refractivity contribution in [1.82, 2.24) is 4.90 Å². The third-order valence-corrected chi connectivity index (χ3v) is 1.64. The smallest absolute Gasteiger partial charge is 0.0697 e. The molecule has 0 saturated carbocycles. The van der Waals surface area contributed by atoms with Gasteiger partial charge in [0.25, 0.3) is 0 Å². The van der Waals surface area contributed by atoms with Crippen molar-refractivity contribution in [3.8, 4) is 6.07 Å². The molecule has 70 valence electrons. The lowest BCUT2D eigenvalue weighted by atomic mass is 9.95. The third kappa shape index (κ3) is 5.15. The van der Waals surface area contributed by atoms with Gasteiger partial charge in [0, 0.05) is 13.1 Å². The zero-order chi connectivity index (χ0) is 9.78. The first-order valence-electron chi connectivity index (χ1n) is 4.47. The van der Waals surface area contributed by atoms with Gasteiger partial charge in [-0.3, -0.25) is 0 Å². The molecule has 0 aromatic carbocycles. The second-order valence-electron chi connectivity index (χ2n) is 4.59. The van der Waals surface area contributed by atoms with Crippen molar-refractivity contribution < 1.29 is 0 Å². The van der Waals surface area contributed by atoms with E-state index in [0.29, 0.717) is 5.92 Å². The van der Waals surface area contributed by atoms with E-state index in [9.17, 15) is 0 Å². The lowest BCUT2D eigenvalue weighted by Gasteiger charge is -2.25. The maximum atomic E-state index is 8.80. The maximum absolute atomic E-state index is 8.80. The van der Waals surface area contributed by atoms with Crippen LogP contribution in [-0.4, -0.2) is 25.0 Å². The van der Waals surface area contributed by atoms with E-state index < -0.39 is 0 Å². The lowest BCUT2D eigenvalue weighted by Crippen LogP contribution is -2.32. The Morgan fingerprint density at radius 3 is 2.25 bits per heavy atom. The van der Waals surface area contributed by atoms with Crippen molar-refractivity contribution in [2.45, 2.75) is 27.7 Å². The van der Waals surface area contributed by atoms with Gasteiger partial charge < -0.3 is 4.90 Å².